The number of aromatic nitrogens is 2. The molecule has 55 heavy (non-hydrogen) atoms. The zero-order valence-corrected chi connectivity index (χ0v) is 35.3. The van der Waals surface area contributed by atoms with Gasteiger partial charge in [0.2, 0.25) is 0 Å². The number of fused-ring (bicyclic) bond motifs is 2. The second kappa shape index (κ2) is 15.9. The minimum absolute atomic E-state index is 0.0285. The minimum atomic E-state index is -6.95. The molecular weight excluding hydrogens is 821 g/mol. The average molecular weight is 868 g/mol. The molecule has 6 bridgehead atoms. The number of carbonyl (C=O) groups excluding carboxylic acids is 4. The molecule has 0 saturated heterocycles. The van der Waals surface area contributed by atoms with Crippen LogP contribution in [0.25, 0.3) is 18.2 Å². The number of methoxy groups -OCH3 is 4. The maximum absolute atomic E-state index is 18.5. The number of esters is 4. The van der Waals surface area contributed by atoms with Crippen LogP contribution in [0.2, 0.25) is 0 Å². The summed E-state index contributed by atoms with van der Waals surface area (Å²) in [5, 5.41) is 0.515. The van der Waals surface area contributed by atoms with E-state index < -0.39 is 44.0 Å². The van der Waals surface area contributed by atoms with Crippen molar-refractivity contribution >= 4 is 73.6 Å². The van der Waals surface area contributed by atoms with Gasteiger partial charge in [-0.2, -0.15) is 0 Å². The molecule has 0 N–H and O–H groups in total. The van der Waals surface area contributed by atoms with Crippen LogP contribution in [-0.2, 0) is 57.4 Å². The molecule has 12 nitrogen and oxygen atoms in total. The Hall–Kier alpha value is -4.60. The van der Waals surface area contributed by atoms with Crippen LogP contribution in [0.4, 0.5) is 5.73 Å². The summed E-state index contributed by atoms with van der Waals surface area (Å²) in [6.45, 7) is 7.37. The van der Waals surface area contributed by atoms with Gasteiger partial charge in [-0.05, 0) is 0 Å². The van der Waals surface area contributed by atoms with Crippen molar-refractivity contribution in [2.75, 3.05) is 28.4 Å². The third kappa shape index (κ3) is 7.29. The van der Waals surface area contributed by atoms with Crippen molar-refractivity contribution in [2.24, 2.45) is 9.98 Å². The van der Waals surface area contributed by atoms with E-state index in [0.717, 1.165) is 22.3 Å². The number of rotatable bonds is 12. The summed E-state index contributed by atoms with van der Waals surface area (Å²) in [5.41, 5.74) is 7.61. The van der Waals surface area contributed by atoms with Crippen LogP contribution in [0.1, 0.15) is 86.0 Å². The summed E-state index contributed by atoms with van der Waals surface area (Å²) in [4.78, 5) is 59.9. The first-order valence-corrected chi connectivity index (χ1v) is 23.0. The van der Waals surface area contributed by atoms with E-state index in [2.05, 4.69) is 0 Å². The third-order valence-electron chi connectivity index (χ3n) is 11.3. The molecule has 6 heterocycles. The molecule has 15 heteroatoms. The van der Waals surface area contributed by atoms with E-state index in [1.54, 1.807) is 25.2 Å². The van der Waals surface area contributed by atoms with Crippen LogP contribution in [-0.4, -0.2) is 95.4 Å². The van der Waals surface area contributed by atoms with Crippen molar-refractivity contribution in [1.82, 2.24) is 5.58 Å². The molecule has 4 aliphatic rings. The molecule has 4 aliphatic heterocycles. The Labute approximate surface area is 324 Å². The predicted molar refractivity (Wildman–Crippen MR) is 204 cm³/mol. The van der Waals surface area contributed by atoms with Gasteiger partial charge >= 0.3 is 325 Å². The molecule has 0 saturated carbocycles. The number of halogens is 2. The van der Waals surface area contributed by atoms with Crippen LogP contribution in [0, 0.1) is 13.8 Å². The molecule has 1 unspecified atom stereocenters. The summed E-state index contributed by atoms with van der Waals surface area (Å²) in [6, 6.07) is -0.526. The van der Waals surface area contributed by atoms with Gasteiger partial charge in [-0.3, -0.25) is 0 Å². The summed E-state index contributed by atoms with van der Waals surface area (Å²) in [7, 11) is 5.23. The molecule has 0 aromatic carbocycles. The molecule has 2 aromatic rings. The molecule has 0 radical (unpaired) electrons. The number of hydrogen-bond donors (Lipinski definition) is 0. The standard InChI is InChI=1S/C40H46N4O8.2FH.Sn/c1-21-25(9-13-37(45)49-5)33-18-31-23(3)26(10-14-38(46)50-6)34(43-31)19-32-24(4)28(12-16-40(48)52-8)36(44-32)20-35-27(11-15-39(47)51-7)22(2)30(42-35)17-29(21)41-33;;;/h17,19-20,33H,9-16,18H2,1-8H3;2*1H;/q-2;;;+4/p-2. The summed E-state index contributed by atoms with van der Waals surface area (Å²) >= 11 is -6.95. The van der Waals surface area contributed by atoms with Crippen molar-refractivity contribution in [1.29, 1.82) is 0 Å². The molecule has 0 amide bonds. The Morgan fingerprint density at radius 1 is 0.691 bits per heavy atom. The third-order valence-corrected chi connectivity index (χ3v) is 17.2. The van der Waals surface area contributed by atoms with Crippen LogP contribution < -0.4 is 10.7 Å². The Morgan fingerprint density at radius 3 is 1.84 bits per heavy atom. The monoisotopic (exact) mass is 868 g/mol. The molecule has 292 valence electrons. The maximum atomic E-state index is 18.5. The number of ether oxygens (including phenoxy) is 4. The van der Waals surface area contributed by atoms with Gasteiger partial charge in [0.05, 0.1) is 0 Å². The summed E-state index contributed by atoms with van der Waals surface area (Å²) < 4.78 is 59.3. The molecule has 6 rings (SSSR count). The van der Waals surface area contributed by atoms with E-state index in [1.165, 1.54) is 34.0 Å². The molecular formula is C40H46F2N4O8Sn. The van der Waals surface area contributed by atoms with Crippen molar-refractivity contribution < 1.29 is 43.9 Å². The van der Waals surface area contributed by atoms with Crippen LogP contribution in [0.15, 0.2) is 38.0 Å². The van der Waals surface area contributed by atoms with E-state index in [9.17, 15) is 19.2 Å². The molecule has 1 atom stereocenters. The Balaban J connectivity index is 1.76. The van der Waals surface area contributed by atoms with E-state index in [1.807, 2.05) is 20.8 Å². The fourth-order valence-corrected chi connectivity index (χ4v) is 14.7. The number of hydrogen-bond acceptors (Lipinski definition) is 10. The van der Waals surface area contributed by atoms with Gasteiger partial charge in [0.1, 0.15) is 0 Å². The van der Waals surface area contributed by atoms with E-state index in [4.69, 9.17) is 28.9 Å². The number of aliphatic imine (C=N–C) groups is 2. The fourth-order valence-electron chi connectivity index (χ4n) is 8.17. The van der Waals surface area contributed by atoms with E-state index in [0.29, 0.717) is 51.5 Å². The fraction of sp³-hybridized carbons (Fsp3) is 0.450. The zero-order chi connectivity index (χ0) is 39.9. The Kier molecular flexibility index (Phi) is 11.6. The molecule has 2 aromatic heterocycles. The van der Waals surface area contributed by atoms with Crippen LogP contribution >= 0.6 is 0 Å². The number of carbonyl (C=O) groups is 4. The number of nitrogens with zero attached hydrogens (tertiary/aromatic N) is 4. The second-order valence-electron chi connectivity index (χ2n) is 14.1. The van der Waals surface area contributed by atoms with Crippen LogP contribution in [0.3, 0.4) is 0 Å². The van der Waals surface area contributed by atoms with Crippen molar-refractivity contribution in [3.05, 3.63) is 72.3 Å². The Morgan fingerprint density at radius 2 is 1.24 bits per heavy atom. The van der Waals surface area contributed by atoms with Crippen LogP contribution in [0.5, 0.6) is 0 Å². The first-order chi connectivity index (χ1) is 26.2. The van der Waals surface area contributed by atoms with Gasteiger partial charge in [-0.15, -0.1) is 0 Å². The SMILES string of the molecule is COC(=O)CCC1=C(C)/C2=C/c3c(CCC(=O)OC)c(C)c4[n]3[Sn]([F])([F])[n]3/c(c(C)c(CCC(=O)OC)/c3=C/C1=N2)=C\C1=NC(C4)C(CCC(=O)OC)=C1C. The van der Waals surface area contributed by atoms with E-state index >= 15 is 5.73 Å². The van der Waals surface area contributed by atoms with Crippen molar-refractivity contribution in [2.45, 2.75) is 91.5 Å². The average Bonchev–Trinajstić information content (AvgIpc) is 3.80. The second-order valence-corrected chi connectivity index (χ2v) is 19.6. The van der Waals surface area contributed by atoms with Gasteiger partial charge < -0.3 is 0 Å². The van der Waals surface area contributed by atoms with Crippen molar-refractivity contribution in [3.63, 3.8) is 0 Å². The summed E-state index contributed by atoms with van der Waals surface area (Å²) in [6.07, 6.45) is 6.19. The summed E-state index contributed by atoms with van der Waals surface area (Å²) in [5.74, 6) is -1.75. The number of allylic oxidation sites excluding steroid dienone is 3. The van der Waals surface area contributed by atoms with Crippen molar-refractivity contribution in [3.8, 4) is 0 Å². The van der Waals surface area contributed by atoms with Gasteiger partial charge in [0.15, 0.2) is 0 Å². The van der Waals surface area contributed by atoms with Gasteiger partial charge in [-0.25, -0.2) is 0 Å². The van der Waals surface area contributed by atoms with Gasteiger partial charge in [-0.1, -0.05) is 0 Å². The zero-order valence-electron chi connectivity index (χ0n) is 32.5. The Bertz CT molecular complexity index is 2310. The topological polar surface area (TPSA) is 140 Å². The molecule has 0 aliphatic carbocycles. The van der Waals surface area contributed by atoms with Gasteiger partial charge in [0.25, 0.3) is 0 Å². The quantitative estimate of drug-likeness (QED) is 0.176. The van der Waals surface area contributed by atoms with Gasteiger partial charge in [0, 0.05) is 0 Å². The molecule has 0 fully saturated rings. The normalized spacial score (nSPS) is 20.0. The first kappa shape index (κ1) is 40.1. The predicted octanol–water partition coefficient (Wildman–Crippen LogP) is 4.18. The van der Waals surface area contributed by atoms with E-state index in [-0.39, 0.29) is 73.7 Å². The molecule has 0 spiro atoms. The first-order valence-electron chi connectivity index (χ1n) is 18.3.